The molecule has 0 bridgehead atoms. The maximum atomic E-state index is 5.44. The van der Waals surface area contributed by atoms with Gasteiger partial charge in [0.05, 0.1) is 0 Å². The average Bonchev–Trinajstić information content (AvgIpc) is 2.33. The standard InChI is InChI=1S/C7H8OSi/c1-2-4-7-6(3-1)5-9-8-7/h1-4H,5,9H2. The van der Waals surface area contributed by atoms with E-state index in [9.17, 15) is 0 Å². The highest BCUT2D eigenvalue weighted by Gasteiger charge is 2.09. The highest BCUT2D eigenvalue weighted by atomic mass is 28.2. The summed E-state index contributed by atoms with van der Waals surface area (Å²) in [6, 6.07) is 9.52. The number of hydrogen-bond acceptors (Lipinski definition) is 1. The Hall–Kier alpha value is -0.763. The van der Waals surface area contributed by atoms with Gasteiger partial charge in [-0.25, -0.2) is 0 Å². The van der Waals surface area contributed by atoms with E-state index in [0.717, 1.165) is 5.75 Å². The van der Waals surface area contributed by atoms with Gasteiger partial charge in [-0.3, -0.25) is 0 Å². The number of benzene rings is 1. The molecule has 0 fully saturated rings. The molecule has 0 N–H and O–H groups in total. The fraction of sp³-hybridized carbons (Fsp3) is 0.143. The third-order valence-electron chi connectivity index (χ3n) is 1.60. The Morgan fingerprint density at radius 2 is 2.22 bits per heavy atom. The second-order valence-electron chi connectivity index (χ2n) is 2.21. The van der Waals surface area contributed by atoms with Crippen LogP contribution in [0.15, 0.2) is 24.3 Å². The van der Waals surface area contributed by atoms with Crippen LogP contribution in [0.1, 0.15) is 5.56 Å². The third kappa shape index (κ3) is 0.753. The Morgan fingerprint density at radius 3 is 3.11 bits per heavy atom. The van der Waals surface area contributed by atoms with E-state index in [-0.39, 0.29) is 9.76 Å². The summed E-state index contributed by atoms with van der Waals surface area (Å²) in [5.41, 5.74) is 1.41. The topological polar surface area (TPSA) is 9.23 Å². The molecule has 1 aromatic rings. The second kappa shape index (κ2) is 1.88. The van der Waals surface area contributed by atoms with Gasteiger partial charge in [0.2, 0.25) is 9.76 Å². The van der Waals surface area contributed by atoms with Crippen molar-refractivity contribution in [2.24, 2.45) is 0 Å². The van der Waals surface area contributed by atoms with Crippen LogP contribution in [0.2, 0.25) is 0 Å². The molecule has 0 aliphatic carbocycles. The first kappa shape index (κ1) is 5.06. The van der Waals surface area contributed by atoms with E-state index >= 15 is 0 Å². The quantitative estimate of drug-likeness (QED) is 0.476. The minimum Gasteiger partial charge on any atom is -0.549 e. The predicted octanol–water partition coefficient (Wildman–Crippen LogP) is 0.663. The van der Waals surface area contributed by atoms with E-state index in [1.165, 1.54) is 11.6 Å². The summed E-state index contributed by atoms with van der Waals surface area (Å²) < 4.78 is 5.44. The molecular weight excluding hydrogens is 128 g/mol. The zero-order valence-electron chi connectivity index (χ0n) is 5.13. The fourth-order valence-electron chi connectivity index (χ4n) is 1.12. The largest absolute Gasteiger partial charge is 0.549 e. The molecule has 9 heavy (non-hydrogen) atoms. The normalized spacial score (nSPS) is 17.3. The molecule has 1 heterocycles. The lowest BCUT2D eigenvalue weighted by Crippen LogP contribution is -1.92. The first-order chi connectivity index (χ1) is 4.47. The van der Waals surface area contributed by atoms with Crippen LogP contribution in [0.25, 0.3) is 0 Å². The molecular formula is C7H8OSi. The zero-order valence-corrected chi connectivity index (χ0v) is 6.55. The van der Waals surface area contributed by atoms with Gasteiger partial charge in [0.1, 0.15) is 5.75 Å². The van der Waals surface area contributed by atoms with Crippen LogP contribution >= 0.6 is 0 Å². The smallest absolute Gasteiger partial charge is 0.224 e. The Kier molecular flexibility index (Phi) is 1.06. The maximum Gasteiger partial charge on any atom is 0.224 e. The van der Waals surface area contributed by atoms with E-state index in [1.807, 2.05) is 6.07 Å². The maximum absolute atomic E-state index is 5.44. The van der Waals surface area contributed by atoms with E-state index in [0.29, 0.717) is 0 Å². The molecule has 0 unspecified atom stereocenters. The Bertz CT molecular complexity index is 199. The minimum absolute atomic E-state index is 0.210. The van der Waals surface area contributed by atoms with Crippen molar-refractivity contribution in [1.82, 2.24) is 0 Å². The fourth-order valence-corrected chi connectivity index (χ4v) is 2.36. The number of para-hydroxylation sites is 1. The number of hydrogen-bond donors (Lipinski definition) is 0. The van der Waals surface area contributed by atoms with Gasteiger partial charge in [-0.15, -0.1) is 0 Å². The van der Waals surface area contributed by atoms with Crippen molar-refractivity contribution in [2.45, 2.75) is 6.04 Å². The van der Waals surface area contributed by atoms with Crippen LogP contribution < -0.4 is 4.43 Å². The molecule has 0 radical (unpaired) electrons. The molecule has 0 saturated heterocycles. The van der Waals surface area contributed by atoms with Crippen LogP contribution in [-0.4, -0.2) is 9.76 Å². The van der Waals surface area contributed by atoms with Crippen LogP contribution in [0.5, 0.6) is 5.75 Å². The molecule has 1 aromatic carbocycles. The Labute approximate surface area is 56.6 Å². The molecule has 46 valence electrons. The van der Waals surface area contributed by atoms with E-state index in [4.69, 9.17) is 4.43 Å². The highest BCUT2D eigenvalue weighted by molar-refractivity contribution is 6.29. The van der Waals surface area contributed by atoms with Crippen molar-refractivity contribution >= 4 is 9.76 Å². The van der Waals surface area contributed by atoms with Crippen LogP contribution in [0, 0.1) is 0 Å². The minimum atomic E-state index is -0.210. The summed E-state index contributed by atoms with van der Waals surface area (Å²) >= 11 is 0. The summed E-state index contributed by atoms with van der Waals surface area (Å²) in [5.74, 6) is 1.13. The molecule has 0 aromatic heterocycles. The van der Waals surface area contributed by atoms with Gasteiger partial charge < -0.3 is 4.43 Å². The first-order valence-corrected chi connectivity index (χ1v) is 4.75. The highest BCUT2D eigenvalue weighted by Crippen LogP contribution is 2.22. The van der Waals surface area contributed by atoms with Crippen molar-refractivity contribution in [3.8, 4) is 5.75 Å². The lowest BCUT2D eigenvalue weighted by molar-refractivity contribution is 0.614. The zero-order chi connectivity index (χ0) is 6.10. The average molecular weight is 136 g/mol. The second-order valence-corrected chi connectivity index (χ2v) is 3.40. The van der Waals surface area contributed by atoms with Crippen molar-refractivity contribution in [1.29, 1.82) is 0 Å². The van der Waals surface area contributed by atoms with Gasteiger partial charge >= 0.3 is 0 Å². The molecule has 1 nitrogen and oxygen atoms in total. The molecule has 1 aliphatic rings. The van der Waals surface area contributed by atoms with Crippen LogP contribution in [0.4, 0.5) is 0 Å². The molecule has 0 atom stereocenters. The van der Waals surface area contributed by atoms with Crippen molar-refractivity contribution < 1.29 is 4.43 Å². The third-order valence-corrected chi connectivity index (χ3v) is 2.86. The van der Waals surface area contributed by atoms with Gasteiger partial charge in [0.15, 0.2) is 0 Å². The first-order valence-electron chi connectivity index (χ1n) is 3.17. The summed E-state index contributed by atoms with van der Waals surface area (Å²) in [5, 5.41) is 0. The van der Waals surface area contributed by atoms with E-state index < -0.39 is 0 Å². The van der Waals surface area contributed by atoms with E-state index in [2.05, 4.69) is 18.2 Å². The van der Waals surface area contributed by atoms with Gasteiger partial charge in [-0.1, -0.05) is 18.2 Å². The summed E-state index contributed by atoms with van der Waals surface area (Å²) in [4.78, 5) is 0. The van der Waals surface area contributed by atoms with Gasteiger partial charge in [0, 0.05) is 6.04 Å². The lowest BCUT2D eigenvalue weighted by Gasteiger charge is -1.95. The van der Waals surface area contributed by atoms with Gasteiger partial charge in [0.25, 0.3) is 0 Å². The van der Waals surface area contributed by atoms with Crippen LogP contribution in [-0.2, 0) is 6.04 Å². The summed E-state index contributed by atoms with van der Waals surface area (Å²) in [6.07, 6.45) is 0. The van der Waals surface area contributed by atoms with Crippen molar-refractivity contribution in [3.05, 3.63) is 29.8 Å². The lowest BCUT2D eigenvalue weighted by atomic mass is 10.2. The predicted molar refractivity (Wildman–Crippen MR) is 39.3 cm³/mol. The summed E-state index contributed by atoms with van der Waals surface area (Å²) in [7, 11) is -0.210. The molecule has 0 saturated carbocycles. The molecule has 2 rings (SSSR count). The molecule has 0 spiro atoms. The van der Waals surface area contributed by atoms with Crippen LogP contribution in [0.3, 0.4) is 0 Å². The molecule has 1 aliphatic heterocycles. The van der Waals surface area contributed by atoms with Crippen molar-refractivity contribution in [3.63, 3.8) is 0 Å². The summed E-state index contributed by atoms with van der Waals surface area (Å²) in [6.45, 7) is 0. The Morgan fingerprint density at radius 1 is 1.33 bits per heavy atom. The SMILES string of the molecule is c1ccc2c(c1)C[SiH2]O2. The Balaban J connectivity index is 2.54. The number of rotatable bonds is 0. The van der Waals surface area contributed by atoms with E-state index in [1.54, 1.807) is 0 Å². The monoisotopic (exact) mass is 136 g/mol. The molecule has 2 heteroatoms. The number of fused-ring (bicyclic) bond motifs is 1. The van der Waals surface area contributed by atoms with Gasteiger partial charge in [-0.2, -0.15) is 0 Å². The molecule has 0 amide bonds. The van der Waals surface area contributed by atoms with Gasteiger partial charge in [-0.05, 0) is 11.6 Å². The van der Waals surface area contributed by atoms with Crippen molar-refractivity contribution in [2.75, 3.05) is 0 Å².